The Labute approximate surface area is 133 Å². The molecule has 1 fully saturated rings. The van der Waals surface area contributed by atoms with Gasteiger partial charge in [0.1, 0.15) is 5.82 Å². The molecule has 1 aromatic heterocycles. The van der Waals surface area contributed by atoms with Gasteiger partial charge in [-0.2, -0.15) is 0 Å². The zero-order valence-corrected chi connectivity index (χ0v) is 12.7. The van der Waals surface area contributed by atoms with E-state index in [1.165, 1.54) is 24.2 Å². The molecule has 1 saturated carbocycles. The Morgan fingerprint density at radius 3 is 2.57 bits per heavy atom. The van der Waals surface area contributed by atoms with E-state index in [9.17, 15) is 0 Å². The van der Waals surface area contributed by atoms with Crippen LogP contribution in [0.1, 0.15) is 30.1 Å². The Morgan fingerprint density at radius 1 is 1.09 bits per heavy atom. The zero-order chi connectivity index (χ0) is 15.4. The van der Waals surface area contributed by atoms with Crippen molar-refractivity contribution in [3.63, 3.8) is 0 Å². The summed E-state index contributed by atoms with van der Waals surface area (Å²) in [4.78, 5) is 4.87. The monoisotopic (exact) mass is 307 g/mol. The van der Waals surface area contributed by atoms with Gasteiger partial charge < -0.3 is 19.8 Å². The van der Waals surface area contributed by atoms with E-state index in [4.69, 9.17) is 20.2 Å². The number of hydrogen-bond acceptors (Lipinski definition) is 4. The number of nitrogen functional groups attached to an aromatic ring is 1. The minimum absolute atomic E-state index is 0.287. The number of imidazole rings is 1. The highest BCUT2D eigenvalue weighted by molar-refractivity contribution is 5.81. The van der Waals surface area contributed by atoms with Gasteiger partial charge in [-0.3, -0.25) is 0 Å². The van der Waals surface area contributed by atoms with Crippen molar-refractivity contribution < 1.29 is 9.47 Å². The van der Waals surface area contributed by atoms with E-state index in [1.807, 2.05) is 24.3 Å². The maximum Gasteiger partial charge on any atom is 0.231 e. The van der Waals surface area contributed by atoms with Gasteiger partial charge in [0.25, 0.3) is 0 Å². The van der Waals surface area contributed by atoms with Crippen LogP contribution in [0.5, 0.6) is 11.5 Å². The third-order valence-electron chi connectivity index (χ3n) is 4.54. The summed E-state index contributed by atoms with van der Waals surface area (Å²) in [5, 5.41) is 0. The molecule has 0 spiro atoms. The number of anilines is 1. The molecule has 0 saturated heterocycles. The number of rotatable bonds is 3. The predicted molar refractivity (Wildman–Crippen MR) is 87.8 cm³/mol. The minimum atomic E-state index is 0.287. The van der Waals surface area contributed by atoms with Crippen molar-refractivity contribution in [3.05, 3.63) is 47.8 Å². The molecule has 0 radical (unpaired) electrons. The topological polar surface area (TPSA) is 62.3 Å². The highest BCUT2D eigenvalue weighted by Crippen LogP contribution is 2.43. The van der Waals surface area contributed by atoms with Gasteiger partial charge in [0, 0.05) is 30.3 Å². The Bertz CT molecular complexity index is 895. The Kier molecular flexibility index (Phi) is 2.59. The summed E-state index contributed by atoms with van der Waals surface area (Å²) in [5.41, 5.74) is 9.88. The minimum Gasteiger partial charge on any atom is -0.454 e. The Balaban J connectivity index is 1.65. The van der Waals surface area contributed by atoms with Crippen molar-refractivity contribution in [2.45, 2.75) is 25.3 Å². The molecule has 0 unspecified atom stereocenters. The number of fused-ring (bicyclic) bond motifs is 2. The van der Waals surface area contributed by atoms with Gasteiger partial charge in [-0.05, 0) is 30.5 Å². The lowest BCUT2D eigenvalue weighted by Gasteiger charge is -2.09. The van der Waals surface area contributed by atoms with Gasteiger partial charge >= 0.3 is 0 Å². The fourth-order valence-electron chi connectivity index (χ4n) is 3.16. The SMILES string of the molecule is Nc1ccc(Cn2c(C3CC3)nc3cc4c(cc32)OCO4)cc1. The van der Waals surface area contributed by atoms with Crippen LogP contribution in [0.2, 0.25) is 0 Å². The van der Waals surface area contributed by atoms with Crippen molar-refractivity contribution in [3.8, 4) is 11.5 Å². The highest BCUT2D eigenvalue weighted by Gasteiger charge is 2.30. The second-order valence-corrected chi connectivity index (χ2v) is 6.27. The second-order valence-electron chi connectivity index (χ2n) is 6.27. The van der Waals surface area contributed by atoms with Crippen molar-refractivity contribution in [1.29, 1.82) is 0 Å². The van der Waals surface area contributed by atoms with E-state index in [-0.39, 0.29) is 6.79 Å². The highest BCUT2D eigenvalue weighted by atomic mass is 16.7. The zero-order valence-electron chi connectivity index (χ0n) is 12.7. The summed E-state index contributed by atoms with van der Waals surface area (Å²) in [5.74, 6) is 3.34. The molecular weight excluding hydrogens is 290 g/mol. The molecular formula is C18H17N3O2. The van der Waals surface area contributed by atoms with E-state index in [0.29, 0.717) is 5.92 Å². The first-order valence-corrected chi connectivity index (χ1v) is 7.92. The van der Waals surface area contributed by atoms with Crippen molar-refractivity contribution in [2.75, 3.05) is 12.5 Å². The third-order valence-corrected chi connectivity index (χ3v) is 4.54. The molecule has 3 aromatic rings. The predicted octanol–water partition coefficient (Wildman–Crippen LogP) is 3.27. The van der Waals surface area contributed by atoms with Crippen molar-refractivity contribution in [2.24, 2.45) is 0 Å². The van der Waals surface area contributed by atoms with Gasteiger partial charge in [-0.1, -0.05) is 12.1 Å². The second kappa shape index (κ2) is 4.65. The van der Waals surface area contributed by atoms with Gasteiger partial charge in [0.15, 0.2) is 11.5 Å². The van der Waals surface area contributed by atoms with Crippen LogP contribution in [-0.4, -0.2) is 16.3 Å². The molecule has 0 amide bonds. The summed E-state index contributed by atoms with van der Waals surface area (Å²) < 4.78 is 13.3. The molecule has 2 aromatic carbocycles. The fourth-order valence-corrected chi connectivity index (χ4v) is 3.16. The number of nitrogens with two attached hydrogens (primary N) is 1. The fraction of sp³-hybridized carbons (Fsp3) is 0.278. The lowest BCUT2D eigenvalue weighted by molar-refractivity contribution is 0.174. The van der Waals surface area contributed by atoms with E-state index in [0.717, 1.165) is 34.8 Å². The largest absolute Gasteiger partial charge is 0.454 e. The molecule has 1 aliphatic heterocycles. The maximum absolute atomic E-state index is 5.79. The molecule has 5 nitrogen and oxygen atoms in total. The van der Waals surface area contributed by atoms with Gasteiger partial charge in [-0.25, -0.2) is 4.98 Å². The number of aromatic nitrogens is 2. The number of benzene rings is 2. The number of nitrogens with zero attached hydrogens (tertiary/aromatic N) is 2. The molecule has 2 N–H and O–H groups in total. The normalized spacial score (nSPS) is 16.2. The number of hydrogen-bond donors (Lipinski definition) is 1. The van der Waals surface area contributed by atoms with Crippen LogP contribution >= 0.6 is 0 Å². The van der Waals surface area contributed by atoms with E-state index in [1.54, 1.807) is 0 Å². The van der Waals surface area contributed by atoms with Crippen LogP contribution in [0.3, 0.4) is 0 Å². The van der Waals surface area contributed by atoms with Crippen LogP contribution in [0.15, 0.2) is 36.4 Å². The summed E-state index contributed by atoms with van der Waals surface area (Å²) >= 11 is 0. The maximum atomic E-state index is 5.79. The van der Waals surface area contributed by atoms with Gasteiger partial charge in [0.2, 0.25) is 6.79 Å². The van der Waals surface area contributed by atoms with E-state index in [2.05, 4.69) is 16.7 Å². The summed E-state index contributed by atoms with van der Waals surface area (Å²) in [6.45, 7) is 1.08. The molecule has 2 aliphatic rings. The molecule has 5 rings (SSSR count). The van der Waals surface area contributed by atoms with Gasteiger partial charge in [-0.15, -0.1) is 0 Å². The first-order valence-electron chi connectivity index (χ1n) is 7.92. The number of ether oxygens (including phenoxy) is 2. The van der Waals surface area contributed by atoms with E-state index < -0.39 is 0 Å². The van der Waals surface area contributed by atoms with Crippen LogP contribution in [0.4, 0.5) is 5.69 Å². The quantitative estimate of drug-likeness (QED) is 0.754. The molecule has 23 heavy (non-hydrogen) atoms. The van der Waals surface area contributed by atoms with Crippen molar-refractivity contribution in [1.82, 2.24) is 9.55 Å². The lowest BCUT2D eigenvalue weighted by atomic mass is 10.2. The summed E-state index contributed by atoms with van der Waals surface area (Å²) in [7, 11) is 0. The molecule has 1 aliphatic carbocycles. The standard InChI is InChI=1S/C18H17N3O2/c19-13-5-1-11(2-6-13)9-21-15-8-17-16(22-10-23-17)7-14(15)20-18(21)12-3-4-12/h1-2,5-8,12H,3-4,9-10,19H2. The molecule has 116 valence electrons. The molecule has 0 atom stereocenters. The van der Waals surface area contributed by atoms with Crippen molar-refractivity contribution >= 4 is 16.7 Å². The van der Waals surface area contributed by atoms with Crippen LogP contribution in [-0.2, 0) is 6.54 Å². The average molecular weight is 307 g/mol. The van der Waals surface area contributed by atoms with Gasteiger partial charge in [0.05, 0.1) is 11.0 Å². The summed E-state index contributed by atoms with van der Waals surface area (Å²) in [6, 6.07) is 12.1. The third kappa shape index (κ3) is 2.11. The van der Waals surface area contributed by atoms with Crippen LogP contribution < -0.4 is 15.2 Å². The smallest absolute Gasteiger partial charge is 0.231 e. The Morgan fingerprint density at radius 2 is 1.83 bits per heavy atom. The molecule has 0 bridgehead atoms. The molecule has 2 heterocycles. The summed E-state index contributed by atoms with van der Waals surface area (Å²) in [6.07, 6.45) is 2.44. The lowest BCUT2D eigenvalue weighted by Crippen LogP contribution is -2.04. The van der Waals surface area contributed by atoms with E-state index >= 15 is 0 Å². The first-order chi connectivity index (χ1) is 11.3. The van der Waals surface area contributed by atoms with Crippen LogP contribution in [0, 0.1) is 0 Å². The first kappa shape index (κ1) is 12.8. The van der Waals surface area contributed by atoms with Crippen LogP contribution in [0.25, 0.3) is 11.0 Å². The molecule has 5 heteroatoms. The Hall–Kier alpha value is -2.69. The average Bonchev–Trinajstić information content (AvgIpc) is 3.21.